The zero-order valence-electron chi connectivity index (χ0n) is 11.1. The van der Waals surface area contributed by atoms with E-state index in [0.717, 1.165) is 25.9 Å². The molecule has 1 aliphatic rings. The van der Waals surface area contributed by atoms with Crippen molar-refractivity contribution in [1.82, 2.24) is 10.2 Å². The van der Waals surface area contributed by atoms with E-state index in [9.17, 15) is 4.79 Å². The zero-order chi connectivity index (χ0) is 12.4. The summed E-state index contributed by atoms with van der Waals surface area (Å²) in [5.41, 5.74) is 0. The molecular weight excluding hydrogens is 204 g/mol. The highest BCUT2D eigenvalue weighted by Gasteiger charge is 2.18. The summed E-state index contributed by atoms with van der Waals surface area (Å²) in [7, 11) is 2.08. The number of carbonyl (C=O) groups excluding carboxylic acids is 1. The Morgan fingerprint density at radius 2 is 2.19 bits per heavy atom. The maximum atomic E-state index is 11.1. The van der Waals surface area contributed by atoms with Crippen LogP contribution in [0.15, 0.2) is 0 Å². The van der Waals surface area contributed by atoms with Crippen LogP contribution in [0.2, 0.25) is 0 Å². The van der Waals surface area contributed by atoms with Crippen LogP contribution in [-0.4, -0.2) is 50.2 Å². The molecule has 1 fully saturated rings. The van der Waals surface area contributed by atoms with Crippen LogP contribution < -0.4 is 5.32 Å². The van der Waals surface area contributed by atoms with E-state index in [-0.39, 0.29) is 18.6 Å². The van der Waals surface area contributed by atoms with Crippen LogP contribution in [0, 0.1) is 0 Å². The molecule has 1 N–H and O–H groups in total. The van der Waals surface area contributed by atoms with Gasteiger partial charge in [0.05, 0.1) is 6.10 Å². The molecule has 0 aromatic rings. The highest BCUT2D eigenvalue weighted by atomic mass is 16.5. The van der Waals surface area contributed by atoms with E-state index in [1.165, 1.54) is 0 Å². The average molecular weight is 230 g/mol. The fraction of sp³-hybridized carbons (Fsp3) is 0.917. The van der Waals surface area contributed by atoms with E-state index < -0.39 is 0 Å². The van der Waals surface area contributed by atoms with Gasteiger partial charge in [-0.1, -0.05) is 13.8 Å². The quantitative estimate of drug-likeness (QED) is 0.790. The van der Waals surface area contributed by atoms with Gasteiger partial charge < -0.3 is 15.0 Å². The molecule has 1 amide bonds. The molecule has 0 spiro atoms. The summed E-state index contributed by atoms with van der Waals surface area (Å²) in [5.74, 6) is -0.0132. The van der Waals surface area contributed by atoms with Crippen LogP contribution in [0.5, 0.6) is 0 Å². The van der Waals surface area contributed by atoms with Crippen LogP contribution >= 0.6 is 0 Å². The van der Waals surface area contributed by atoms with Crippen LogP contribution in [0.4, 0.5) is 0 Å². The fourth-order valence-electron chi connectivity index (χ4n) is 1.70. The van der Waals surface area contributed by atoms with Gasteiger partial charge in [0.25, 0.3) is 0 Å². The summed E-state index contributed by atoms with van der Waals surface area (Å²) < 4.78 is 5.51. The molecule has 1 saturated heterocycles. The van der Waals surface area contributed by atoms with Crippen LogP contribution in [0.1, 0.15) is 33.6 Å². The van der Waals surface area contributed by atoms with Crippen molar-refractivity contribution in [3.05, 3.63) is 0 Å². The number of ether oxygens (including phenoxy) is 1. The molecule has 1 rings (SSSR count). The Bertz CT molecular complexity index is 186. The molecule has 0 aromatic heterocycles. The van der Waals surface area contributed by atoms with Crippen molar-refractivity contribution in [2.75, 3.05) is 33.3 Å². The number of amides is 1. The summed E-state index contributed by atoms with van der Waals surface area (Å²) >= 11 is 0. The topological polar surface area (TPSA) is 41.6 Å². The van der Waals surface area contributed by atoms with E-state index in [1.807, 2.05) is 20.8 Å². The Labute approximate surface area is 99.3 Å². The van der Waals surface area contributed by atoms with Crippen molar-refractivity contribution in [3.8, 4) is 0 Å². The molecule has 0 bridgehead atoms. The number of hydrogen-bond donors (Lipinski definition) is 1. The Balaban J connectivity index is 0.00000106. The maximum Gasteiger partial charge on any atom is 0.246 e. The van der Waals surface area contributed by atoms with Crippen molar-refractivity contribution in [2.24, 2.45) is 0 Å². The number of rotatable bonds is 4. The predicted molar refractivity (Wildman–Crippen MR) is 66.5 cm³/mol. The molecule has 1 unspecified atom stereocenters. The number of carbonyl (C=O) groups is 1. The minimum absolute atomic E-state index is 0.0132. The second-order valence-electron chi connectivity index (χ2n) is 3.79. The van der Waals surface area contributed by atoms with Gasteiger partial charge in [0.1, 0.15) is 6.61 Å². The Kier molecular flexibility index (Phi) is 9.24. The largest absolute Gasteiger partial charge is 0.367 e. The summed E-state index contributed by atoms with van der Waals surface area (Å²) in [6, 6.07) is 0. The third kappa shape index (κ3) is 6.80. The first kappa shape index (κ1) is 15.4. The van der Waals surface area contributed by atoms with Gasteiger partial charge in [0, 0.05) is 13.1 Å². The lowest BCUT2D eigenvalue weighted by Crippen LogP contribution is -2.39. The van der Waals surface area contributed by atoms with Crippen molar-refractivity contribution in [3.63, 3.8) is 0 Å². The average Bonchev–Trinajstić information content (AvgIpc) is 2.30. The van der Waals surface area contributed by atoms with E-state index in [1.54, 1.807) is 0 Å². The lowest BCUT2D eigenvalue weighted by atomic mass is 10.1. The van der Waals surface area contributed by atoms with E-state index in [4.69, 9.17) is 4.74 Å². The Morgan fingerprint density at radius 3 is 2.75 bits per heavy atom. The summed E-state index contributed by atoms with van der Waals surface area (Å²) in [4.78, 5) is 13.4. The third-order valence-corrected chi connectivity index (χ3v) is 2.41. The molecule has 0 radical (unpaired) electrons. The van der Waals surface area contributed by atoms with Gasteiger partial charge in [0.15, 0.2) is 0 Å². The standard InChI is InChI=1S/C10H20N2O2.C2H6/c1-3-11-10(13)8-14-9-5-4-6-12(2)7-9;1-2/h9H,3-8H2,1-2H3,(H,11,13);1-2H3. The van der Waals surface area contributed by atoms with Crippen molar-refractivity contribution in [1.29, 1.82) is 0 Å². The molecule has 1 atom stereocenters. The highest BCUT2D eigenvalue weighted by Crippen LogP contribution is 2.10. The summed E-state index contributed by atoms with van der Waals surface area (Å²) in [5, 5.41) is 2.72. The maximum absolute atomic E-state index is 11.1. The number of hydrogen-bond acceptors (Lipinski definition) is 3. The van der Waals surface area contributed by atoms with Gasteiger partial charge in [0.2, 0.25) is 5.91 Å². The number of likely N-dealkylation sites (tertiary alicyclic amines) is 1. The van der Waals surface area contributed by atoms with Gasteiger partial charge in [-0.3, -0.25) is 4.79 Å². The smallest absolute Gasteiger partial charge is 0.246 e. The van der Waals surface area contributed by atoms with Crippen molar-refractivity contribution >= 4 is 5.91 Å². The molecule has 1 heterocycles. The Hall–Kier alpha value is -0.610. The summed E-state index contributed by atoms with van der Waals surface area (Å²) in [6.45, 7) is 8.87. The second-order valence-corrected chi connectivity index (χ2v) is 3.79. The number of nitrogens with one attached hydrogen (secondary N) is 1. The van der Waals surface area contributed by atoms with E-state index in [2.05, 4.69) is 17.3 Å². The van der Waals surface area contributed by atoms with Crippen LogP contribution in [-0.2, 0) is 9.53 Å². The third-order valence-electron chi connectivity index (χ3n) is 2.41. The minimum Gasteiger partial charge on any atom is -0.367 e. The number of likely N-dealkylation sites (N-methyl/N-ethyl adjacent to an activating group) is 2. The van der Waals surface area contributed by atoms with Gasteiger partial charge >= 0.3 is 0 Å². The van der Waals surface area contributed by atoms with Crippen LogP contribution in [0.25, 0.3) is 0 Å². The molecule has 16 heavy (non-hydrogen) atoms. The minimum atomic E-state index is -0.0132. The van der Waals surface area contributed by atoms with Gasteiger partial charge in [-0.25, -0.2) is 0 Å². The first-order chi connectivity index (χ1) is 7.72. The number of nitrogens with zero attached hydrogens (tertiary/aromatic N) is 1. The zero-order valence-corrected chi connectivity index (χ0v) is 11.1. The van der Waals surface area contributed by atoms with Gasteiger partial charge in [-0.15, -0.1) is 0 Å². The van der Waals surface area contributed by atoms with Gasteiger partial charge in [-0.05, 0) is 33.4 Å². The molecule has 4 nitrogen and oxygen atoms in total. The lowest BCUT2D eigenvalue weighted by molar-refractivity contribution is -0.128. The molecular formula is C12H26N2O2. The van der Waals surface area contributed by atoms with E-state index >= 15 is 0 Å². The van der Waals surface area contributed by atoms with Crippen LogP contribution in [0.3, 0.4) is 0 Å². The number of piperidine rings is 1. The Morgan fingerprint density at radius 1 is 1.50 bits per heavy atom. The highest BCUT2D eigenvalue weighted by molar-refractivity contribution is 5.77. The molecule has 0 aliphatic carbocycles. The predicted octanol–water partition coefficient (Wildman–Crippen LogP) is 1.26. The van der Waals surface area contributed by atoms with E-state index in [0.29, 0.717) is 6.54 Å². The van der Waals surface area contributed by atoms with Crippen molar-refractivity contribution < 1.29 is 9.53 Å². The van der Waals surface area contributed by atoms with Crippen molar-refractivity contribution in [2.45, 2.75) is 39.7 Å². The molecule has 1 aliphatic heterocycles. The first-order valence-corrected chi connectivity index (χ1v) is 6.29. The molecule has 4 heteroatoms. The normalized spacial score (nSPS) is 20.9. The molecule has 0 aromatic carbocycles. The lowest BCUT2D eigenvalue weighted by Gasteiger charge is -2.29. The fourth-order valence-corrected chi connectivity index (χ4v) is 1.70. The van der Waals surface area contributed by atoms with Gasteiger partial charge in [-0.2, -0.15) is 0 Å². The SMILES string of the molecule is CC.CCNC(=O)COC1CCCN(C)C1. The second kappa shape index (κ2) is 9.60. The molecule has 0 saturated carbocycles. The first-order valence-electron chi connectivity index (χ1n) is 6.29. The monoisotopic (exact) mass is 230 g/mol. The molecule has 96 valence electrons. The summed E-state index contributed by atoms with van der Waals surface area (Å²) in [6.07, 6.45) is 2.47.